The smallest absolute Gasteiger partial charge is 0.332 e. The van der Waals surface area contributed by atoms with Crippen molar-refractivity contribution in [2.45, 2.75) is 58.9 Å². The lowest BCUT2D eigenvalue weighted by molar-refractivity contribution is -0.160. The van der Waals surface area contributed by atoms with Crippen LogP contribution in [-0.2, 0) is 14.3 Å². The van der Waals surface area contributed by atoms with Gasteiger partial charge < -0.3 is 9.64 Å². The van der Waals surface area contributed by atoms with Crippen molar-refractivity contribution in [3.63, 3.8) is 0 Å². The van der Waals surface area contributed by atoms with Crippen LogP contribution in [0, 0.1) is 5.41 Å². The molecule has 4 nitrogen and oxygen atoms in total. The zero-order valence-electron chi connectivity index (χ0n) is 13.0. The molecule has 4 heteroatoms. The Balaban J connectivity index is 2.46. The number of hydrogen-bond donors (Lipinski definition) is 0. The number of esters is 1. The maximum absolute atomic E-state index is 12.6. The predicted molar refractivity (Wildman–Crippen MR) is 77.1 cm³/mol. The van der Waals surface area contributed by atoms with Gasteiger partial charge in [0.15, 0.2) is 0 Å². The fraction of sp³-hybridized carbons (Fsp3) is 0.750. The summed E-state index contributed by atoms with van der Waals surface area (Å²) in [5.41, 5.74) is -0.108. The molecule has 0 N–H and O–H groups in total. The van der Waals surface area contributed by atoms with Crippen LogP contribution in [0.15, 0.2) is 11.6 Å². The van der Waals surface area contributed by atoms with E-state index in [-0.39, 0.29) is 11.9 Å². The lowest BCUT2D eigenvalue weighted by Gasteiger charge is -2.37. The quantitative estimate of drug-likeness (QED) is 0.576. The average Bonchev–Trinajstić information content (AvgIpc) is 2.52. The fourth-order valence-corrected chi connectivity index (χ4v) is 3.59. The molecule has 0 bridgehead atoms. The molecule has 1 amide bonds. The molecular formula is C16H25NO3. The summed E-state index contributed by atoms with van der Waals surface area (Å²) in [6.45, 7) is 8.71. The molecule has 2 heterocycles. The summed E-state index contributed by atoms with van der Waals surface area (Å²) in [4.78, 5) is 27.0. The summed E-state index contributed by atoms with van der Waals surface area (Å²) in [7, 11) is 0. The molecule has 2 aliphatic heterocycles. The molecule has 0 spiro atoms. The van der Waals surface area contributed by atoms with Gasteiger partial charge in [-0.1, -0.05) is 25.5 Å². The minimum absolute atomic E-state index is 0.0836. The zero-order chi connectivity index (χ0) is 15.0. The van der Waals surface area contributed by atoms with Crippen LogP contribution in [0.4, 0.5) is 0 Å². The number of carbonyl (C=O) groups excluding carboxylic acids is 2. The first-order valence-electron chi connectivity index (χ1n) is 7.48. The second-order valence-corrected chi connectivity index (χ2v) is 6.64. The Kier molecular flexibility index (Phi) is 3.94. The van der Waals surface area contributed by atoms with Crippen LogP contribution in [0.1, 0.15) is 53.4 Å². The van der Waals surface area contributed by atoms with E-state index in [2.05, 4.69) is 6.08 Å². The highest BCUT2D eigenvalue weighted by Gasteiger charge is 2.59. The second kappa shape index (κ2) is 5.23. The predicted octanol–water partition coefficient (Wildman–Crippen LogP) is 2.68. The molecular weight excluding hydrogens is 254 g/mol. The standard InChI is InChI=1S/C16H25NO3/c1-5-20-14(19)16-10-12(2)8-6-7-9-17(16)13(18)15(3,4)11-16/h8H,5-7,9-11H2,1-4H3/b12-8-/t16-/m0/s1. The van der Waals surface area contributed by atoms with Crippen LogP contribution in [0.25, 0.3) is 0 Å². The van der Waals surface area contributed by atoms with Gasteiger partial charge >= 0.3 is 5.97 Å². The zero-order valence-corrected chi connectivity index (χ0v) is 13.0. The SMILES string of the molecule is CCOC(=O)[C@@]12C/C(C)=C\CCCN1C(=O)C(C)(C)C2. The van der Waals surface area contributed by atoms with Crippen molar-refractivity contribution in [2.75, 3.05) is 13.2 Å². The van der Waals surface area contributed by atoms with Crippen molar-refractivity contribution >= 4 is 11.9 Å². The minimum atomic E-state index is -0.794. The summed E-state index contributed by atoms with van der Waals surface area (Å²) in [5.74, 6) is -0.158. The number of carbonyl (C=O) groups is 2. The summed E-state index contributed by atoms with van der Waals surface area (Å²) < 4.78 is 5.31. The molecule has 0 aromatic carbocycles. The average molecular weight is 279 g/mol. The molecule has 0 aromatic rings. The van der Waals surface area contributed by atoms with E-state index in [1.165, 1.54) is 5.57 Å². The van der Waals surface area contributed by atoms with Crippen LogP contribution >= 0.6 is 0 Å². The van der Waals surface area contributed by atoms with E-state index >= 15 is 0 Å². The largest absolute Gasteiger partial charge is 0.464 e. The molecule has 0 unspecified atom stereocenters. The van der Waals surface area contributed by atoms with Crippen molar-refractivity contribution in [1.82, 2.24) is 4.90 Å². The highest BCUT2D eigenvalue weighted by molar-refractivity contribution is 5.95. The normalized spacial score (nSPS) is 31.9. The third-order valence-corrected chi connectivity index (χ3v) is 4.38. The summed E-state index contributed by atoms with van der Waals surface area (Å²) >= 11 is 0. The van der Waals surface area contributed by atoms with Crippen LogP contribution in [0.2, 0.25) is 0 Å². The topological polar surface area (TPSA) is 46.6 Å². The van der Waals surface area contributed by atoms with E-state index < -0.39 is 11.0 Å². The van der Waals surface area contributed by atoms with Gasteiger partial charge in [-0.15, -0.1) is 0 Å². The summed E-state index contributed by atoms with van der Waals surface area (Å²) in [6.07, 6.45) is 5.20. The fourth-order valence-electron chi connectivity index (χ4n) is 3.59. The van der Waals surface area contributed by atoms with Gasteiger partial charge in [0.2, 0.25) is 5.91 Å². The summed E-state index contributed by atoms with van der Waals surface area (Å²) in [5, 5.41) is 0. The Morgan fingerprint density at radius 3 is 2.80 bits per heavy atom. The lowest BCUT2D eigenvalue weighted by Crippen LogP contribution is -2.53. The third kappa shape index (κ3) is 2.36. The molecule has 0 saturated carbocycles. The van der Waals surface area contributed by atoms with E-state index in [1.54, 1.807) is 4.90 Å². The van der Waals surface area contributed by atoms with Crippen molar-refractivity contribution in [2.24, 2.45) is 5.41 Å². The van der Waals surface area contributed by atoms with Crippen molar-refractivity contribution in [3.05, 3.63) is 11.6 Å². The van der Waals surface area contributed by atoms with Gasteiger partial charge in [-0.2, -0.15) is 0 Å². The van der Waals surface area contributed by atoms with Gasteiger partial charge in [-0.05, 0) is 33.1 Å². The Hall–Kier alpha value is -1.32. The van der Waals surface area contributed by atoms with Crippen LogP contribution in [-0.4, -0.2) is 35.5 Å². The van der Waals surface area contributed by atoms with Crippen LogP contribution in [0.3, 0.4) is 0 Å². The molecule has 2 rings (SSSR count). The van der Waals surface area contributed by atoms with E-state index in [9.17, 15) is 9.59 Å². The van der Waals surface area contributed by atoms with E-state index in [0.29, 0.717) is 26.0 Å². The van der Waals surface area contributed by atoms with Crippen molar-refractivity contribution in [3.8, 4) is 0 Å². The minimum Gasteiger partial charge on any atom is -0.464 e. The third-order valence-electron chi connectivity index (χ3n) is 4.38. The van der Waals surface area contributed by atoms with Crippen LogP contribution in [0.5, 0.6) is 0 Å². The maximum Gasteiger partial charge on any atom is 0.332 e. The van der Waals surface area contributed by atoms with E-state index in [1.807, 2.05) is 27.7 Å². The Bertz CT molecular complexity index is 453. The Labute approximate surface area is 121 Å². The number of allylic oxidation sites excluding steroid dienone is 1. The monoisotopic (exact) mass is 279 g/mol. The first-order chi connectivity index (χ1) is 9.33. The van der Waals surface area contributed by atoms with Gasteiger partial charge in [0.25, 0.3) is 0 Å². The number of fused-ring (bicyclic) bond motifs is 1. The molecule has 1 atom stereocenters. The molecule has 1 fully saturated rings. The van der Waals surface area contributed by atoms with Gasteiger partial charge in [-0.3, -0.25) is 4.79 Å². The maximum atomic E-state index is 12.6. The van der Waals surface area contributed by atoms with Crippen molar-refractivity contribution in [1.29, 1.82) is 0 Å². The van der Waals surface area contributed by atoms with E-state index in [4.69, 9.17) is 4.74 Å². The highest BCUT2D eigenvalue weighted by atomic mass is 16.5. The second-order valence-electron chi connectivity index (χ2n) is 6.64. The lowest BCUT2D eigenvalue weighted by atomic mass is 9.79. The van der Waals surface area contributed by atoms with Crippen molar-refractivity contribution < 1.29 is 14.3 Å². The first-order valence-corrected chi connectivity index (χ1v) is 7.48. The molecule has 20 heavy (non-hydrogen) atoms. The number of ether oxygens (including phenoxy) is 1. The highest BCUT2D eigenvalue weighted by Crippen LogP contribution is 2.47. The van der Waals surface area contributed by atoms with Gasteiger partial charge in [-0.25, -0.2) is 4.79 Å². The van der Waals surface area contributed by atoms with Crippen LogP contribution < -0.4 is 0 Å². The molecule has 0 aliphatic carbocycles. The number of hydrogen-bond acceptors (Lipinski definition) is 3. The van der Waals surface area contributed by atoms with Gasteiger partial charge in [0.1, 0.15) is 5.54 Å². The molecule has 1 saturated heterocycles. The summed E-state index contributed by atoms with van der Waals surface area (Å²) in [6, 6.07) is 0. The number of amides is 1. The molecule has 0 radical (unpaired) electrons. The molecule has 112 valence electrons. The number of nitrogens with zero attached hydrogens (tertiary/aromatic N) is 1. The first kappa shape index (κ1) is 15.1. The number of rotatable bonds is 2. The molecule has 0 aromatic heterocycles. The van der Waals surface area contributed by atoms with E-state index in [0.717, 1.165) is 12.8 Å². The van der Waals surface area contributed by atoms with Gasteiger partial charge in [0, 0.05) is 18.4 Å². The Morgan fingerprint density at radius 2 is 2.15 bits per heavy atom. The molecule has 2 aliphatic rings. The Morgan fingerprint density at radius 1 is 1.45 bits per heavy atom. The van der Waals surface area contributed by atoms with Gasteiger partial charge in [0.05, 0.1) is 6.61 Å².